The van der Waals surface area contributed by atoms with Crippen molar-refractivity contribution in [3.63, 3.8) is 0 Å². The number of hydrogen-bond donors (Lipinski definition) is 0. The summed E-state index contributed by atoms with van der Waals surface area (Å²) in [5, 5.41) is 0. The van der Waals surface area contributed by atoms with Gasteiger partial charge < -0.3 is 4.57 Å². The van der Waals surface area contributed by atoms with Gasteiger partial charge in [0.05, 0.1) is 10.2 Å². The first kappa shape index (κ1) is 14.7. The van der Waals surface area contributed by atoms with E-state index in [1.807, 2.05) is 19.9 Å². The van der Waals surface area contributed by atoms with Crippen LogP contribution in [0.5, 0.6) is 0 Å². The zero-order chi connectivity index (χ0) is 14.7. The second-order valence-electron chi connectivity index (χ2n) is 4.97. The standard InChI is InChI=1S/C15H17FN2OS/c1-4-8-18-14-11(16)6-5-7-12(14)20-15(18)17-13(19)9-10(2)3/h4-7,10H,1,8-9H2,2-3H3. The van der Waals surface area contributed by atoms with Crippen LogP contribution in [0.25, 0.3) is 10.2 Å². The number of thiazole rings is 1. The SMILES string of the molecule is C=CCn1c(=NC(=O)CC(C)C)sc2cccc(F)c21. The first-order valence-electron chi connectivity index (χ1n) is 6.49. The summed E-state index contributed by atoms with van der Waals surface area (Å²) in [5.74, 6) is -0.228. The molecule has 106 valence electrons. The molecule has 0 unspecified atom stereocenters. The summed E-state index contributed by atoms with van der Waals surface area (Å²) < 4.78 is 16.4. The van der Waals surface area contributed by atoms with Crippen LogP contribution in [-0.2, 0) is 11.3 Å². The van der Waals surface area contributed by atoms with E-state index < -0.39 is 0 Å². The van der Waals surface area contributed by atoms with Gasteiger partial charge in [0, 0.05) is 13.0 Å². The molecule has 0 aliphatic rings. The quantitative estimate of drug-likeness (QED) is 0.794. The van der Waals surface area contributed by atoms with Crippen LogP contribution in [0, 0.1) is 11.7 Å². The lowest BCUT2D eigenvalue weighted by Gasteiger charge is -2.02. The number of benzene rings is 1. The second-order valence-corrected chi connectivity index (χ2v) is 5.98. The second kappa shape index (κ2) is 6.13. The number of para-hydroxylation sites is 1. The van der Waals surface area contributed by atoms with Crippen molar-refractivity contribution in [2.24, 2.45) is 10.9 Å². The number of carbonyl (C=O) groups is 1. The number of rotatable bonds is 4. The maximum Gasteiger partial charge on any atom is 0.248 e. The Labute approximate surface area is 121 Å². The minimum Gasteiger partial charge on any atom is -0.310 e. The lowest BCUT2D eigenvalue weighted by atomic mass is 10.1. The van der Waals surface area contributed by atoms with Gasteiger partial charge in [-0.05, 0) is 18.1 Å². The lowest BCUT2D eigenvalue weighted by molar-refractivity contribution is -0.118. The Kier molecular flexibility index (Phi) is 4.49. The van der Waals surface area contributed by atoms with Crippen LogP contribution in [0.2, 0.25) is 0 Å². The summed E-state index contributed by atoms with van der Waals surface area (Å²) >= 11 is 1.32. The molecule has 0 saturated carbocycles. The van der Waals surface area contributed by atoms with E-state index in [1.165, 1.54) is 17.4 Å². The maximum absolute atomic E-state index is 14.0. The molecule has 0 saturated heterocycles. The Hall–Kier alpha value is -1.75. The third kappa shape index (κ3) is 3.04. The molecule has 3 nitrogen and oxygen atoms in total. The highest BCUT2D eigenvalue weighted by atomic mass is 32.1. The molecule has 0 atom stereocenters. The van der Waals surface area contributed by atoms with Gasteiger partial charge in [-0.2, -0.15) is 4.99 Å². The molecule has 20 heavy (non-hydrogen) atoms. The molecule has 1 aromatic carbocycles. The van der Waals surface area contributed by atoms with Crippen LogP contribution in [0.4, 0.5) is 4.39 Å². The topological polar surface area (TPSA) is 34.4 Å². The molecule has 1 heterocycles. The van der Waals surface area contributed by atoms with E-state index in [9.17, 15) is 9.18 Å². The van der Waals surface area contributed by atoms with Crippen LogP contribution in [0.1, 0.15) is 20.3 Å². The molecule has 1 amide bonds. The van der Waals surface area contributed by atoms with Gasteiger partial charge in [0.2, 0.25) is 5.91 Å². The summed E-state index contributed by atoms with van der Waals surface area (Å²) in [6, 6.07) is 4.90. The molecular formula is C15H17FN2OS. The fraction of sp³-hybridized carbons (Fsp3) is 0.333. The number of amides is 1. The Morgan fingerprint density at radius 1 is 1.55 bits per heavy atom. The van der Waals surface area contributed by atoms with E-state index in [0.717, 1.165) is 4.70 Å². The molecule has 2 aromatic rings. The van der Waals surface area contributed by atoms with E-state index in [0.29, 0.717) is 23.3 Å². The fourth-order valence-corrected chi connectivity index (χ4v) is 3.04. The fourth-order valence-electron chi connectivity index (χ4n) is 1.97. The summed E-state index contributed by atoms with van der Waals surface area (Å²) in [7, 11) is 0. The zero-order valence-electron chi connectivity index (χ0n) is 11.6. The van der Waals surface area contributed by atoms with Crippen molar-refractivity contribution in [3.05, 3.63) is 41.5 Å². The number of aromatic nitrogens is 1. The Balaban J connectivity index is 2.60. The maximum atomic E-state index is 14.0. The highest BCUT2D eigenvalue weighted by molar-refractivity contribution is 7.16. The highest BCUT2D eigenvalue weighted by Gasteiger charge is 2.11. The largest absolute Gasteiger partial charge is 0.310 e. The molecule has 2 rings (SSSR count). The van der Waals surface area contributed by atoms with Crippen molar-refractivity contribution >= 4 is 27.5 Å². The molecule has 0 N–H and O–H groups in total. The average molecular weight is 292 g/mol. The van der Waals surface area contributed by atoms with Gasteiger partial charge >= 0.3 is 0 Å². The van der Waals surface area contributed by atoms with Crippen molar-refractivity contribution < 1.29 is 9.18 Å². The van der Waals surface area contributed by atoms with E-state index in [2.05, 4.69) is 11.6 Å². The molecule has 0 spiro atoms. The van der Waals surface area contributed by atoms with Crippen molar-refractivity contribution in [1.82, 2.24) is 4.57 Å². The molecular weight excluding hydrogens is 275 g/mol. The molecule has 0 fully saturated rings. The first-order chi connectivity index (χ1) is 9.52. The molecule has 5 heteroatoms. The average Bonchev–Trinajstić information content (AvgIpc) is 2.68. The number of fused-ring (bicyclic) bond motifs is 1. The Bertz CT molecular complexity index is 712. The van der Waals surface area contributed by atoms with Crippen LogP contribution < -0.4 is 4.80 Å². The highest BCUT2D eigenvalue weighted by Crippen LogP contribution is 2.20. The molecule has 0 radical (unpaired) electrons. The molecule has 1 aromatic heterocycles. The van der Waals surface area contributed by atoms with Crippen LogP contribution in [-0.4, -0.2) is 10.5 Å². The van der Waals surface area contributed by atoms with Crippen LogP contribution >= 0.6 is 11.3 Å². The van der Waals surface area contributed by atoms with Gasteiger partial charge in [0.25, 0.3) is 0 Å². The van der Waals surface area contributed by atoms with Gasteiger partial charge in [-0.1, -0.05) is 37.3 Å². The Morgan fingerprint density at radius 3 is 2.95 bits per heavy atom. The van der Waals surface area contributed by atoms with E-state index in [1.54, 1.807) is 16.7 Å². The third-order valence-corrected chi connectivity index (χ3v) is 3.81. The van der Waals surface area contributed by atoms with Crippen LogP contribution in [0.3, 0.4) is 0 Å². The van der Waals surface area contributed by atoms with E-state index >= 15 is 0 Å². The third-order valence-electron chi connectivity index (χ3n) is 2.77. The predicted octanol–water partition coefficient (Wildman–Crippen LogP) is 3.50. The lowest BCUT2D eigenvalue weighted by Crippen LogP contribution is -2.17. The zero-order valence-corrected chi connectivity index (χ0v) is 12.4. The normalized spacial score (nSPS) is 12.3. The van der Waals surface area contributed by atoms with Crippen molar-refractivity contribution in [2.75, 3.05) is 0 Å². The number of hydrogen-bond acceptors (Lipinski definition) is 2. The van der Waals surface area contributed by atoms with Gasteiger partial charge in [-0.15, -0.1) is 6.58 Å². The minimum atomic E-state index is -0.307. The molecule has 0 aliphatic carbocycles. The van der Waals surface area contributed by atoms with Gasteiger partial charge in [-0.3, -0.25) is 4.79 Å². The molecule has 0 bridgehead atoms. The van der Waals surface area contributed by atoms with Crippen LogP contribution in [0.15, 0.2) is 35.8 Å². The summed E-state index contributed by atoms with van der Waals surface area (Å²) in [6.07, 6.45) is 2.06. The van der Waals surface area contributed by atoms with Gasteiger partial charge in [0.1, 0.15) is 5.82 Å². The molecule has 0 aliphatic heterocycles. The van der Waals surface area contributed by atoms with E-state index in [-0.39, 0.29) is 17.6 Å². The summed E-state index contributed by atoms with van der Waals surface area (Å²) in [4.78, 5) is 16.5. The van der Waals surface area contributed by atoms with Gasteiger partial charge in [0.15, 0.2) is 4.80 Å². The number of halogens is 1. The van der Waals surface area contributed by atoms with Gasteiger partial charge in [-0.25, -0.2) is 4.39 Å². The van der Waals surface area contributed by atoms with E-state index in [4.69, 9.17) is 0 Å². The van der Waals surface area contributed by atoms with Crippen molar-refractivity contribution in [1.29, 1.82) is 0 Å². The monoisotopic (exact) mass is 292 g/mol. The smallest absolute Gasteiger partial charge is 0.248 e. The number of allylic oxidation sites excluding steroid dienone is 1. The van der Waals surface area contributed by atoms with Crippen molar-refractivity contribution in [2.45, 2.75) is 26.8 Å². The summed E-state index contributed by atoms with van der Waals surface area (Å²) in [5.41, 5.74) is 0.480. The Morgan fingerprint density at radius 2 is 2.30 bits per heavy atom. The number of carbonyl (C=O) groups excluding carboxylic acids is 1. The minimum absolute atomic E-state index is 0.176. The predicted molar refractivity (Wildman–Crippen MR) is 80.0 cm³/mol. The van der Waals surface area contributed by atoms with Crippen molar-refractivity contribution in [3.8, 4) is 0 Å². The summed E-state index contributed by atoms with van der Waals surface area (Å²) in [6.45, 7) is 8.04. The number of nitrogens with zero attached hydrogens (tertiary/aromatic N) is 2. The first-order valence-corrected chi connectivity index (χ1v) is 7.31.